The molecule has 1 aromatic heterocycles. The van der Waals surface area contributed by atoms with Crippen molar-refractivity contribution in [2.45, 2.75) is 6.92 Å². The molecular formula is C24H18FN3O2. The van der Waals surface area contributed by atoms with Crippen molar-refractivity contribution >= 4 is 11.6 Å². The summed E-state index contributed by atoms with van der Waals surface area (Å²) in [5, 5.41) is 2.71. The second-order valence-electron chi connectivity index (χ2n) is 6.71. The van der Waals surface area contributed by atoms with Gasteiger partial charge in [-0.1, -0.05) is 29.8 Å². The molecule has 6 heteroatoms. The van der Waals surface area contributed by atoms with Crippen molar-refractivity contribution in [3.8, 4) is 22.9 Å². The number of nitrogens with one attached hydrogen (secondary N) is 1. The number of nitrogens with zero attached hydrogens (tertiary/aromatic N) is 2. The lowest BCUT2D eigenvalue weighted by atomic mass is 10.1. The number of amides is 1. The van der Waals surface area contributed by atoms with Crippen LogP contribution in [0.2, 0.25) is 0 Å². The van der Waals surface area contributed by atoms with Crippen LogP contribution in [0.5, 0.6) is 11.8 Å². The third-order valence-corrected chi connectivity index (χ3v) is 4.44. The van der Waals surface area contributed by atoms with Gasteiger partial charge in [-0.05, 0) is 61.0 Å². The van der Waals surface area contributed by atoms with E-state index in [-0.39, 0.29) is 17.7 Å². The van der Waals surface area contributed by atoms with Gasteiger partial charge in [-0.15, -0.1) is 0 Å². The predicted molar refractivity (Wildman–Crippen MR) is 113 cm³/mol. The van der Waals surface area contributed by atoms with Crippen LogP contribution in [0.1, 0.15) is 15.9 Å². The van der Waals surface area contributed by atoms with Crippen LogP contribution in [-0.2, 0) is 0 Å². The number of carbonyl (C=O) groups is 1. The fourth-order valence-corrected chi connectivity index (χ4v) is 2.78. The van der Waals surface area contributed by atoms with Gasteiger partial charge in [0.15, 0.2) is 0 Å². The maximum atomic E-state index is 13.0. The van der Waals surface area contributed by atoms with Crippen LogP contribution in [0, 0.1) is 12.7 Å². The first kappa shape index (κ1) is 19.3. The van der Waals surface area contributed by atoms with Crippen LogP contribution in [0.4, 0.5) is 10.1 Å². The monoisotopic (exact) mass is 399 g/mol. The van der Waals surface area contributed by atoms with Gasteiger partial charge in [-0.3, -0.25) is 4.79 Å². The summed E-state index contributed by atoms with van der Waals surface area (Å²) in [7, 11) is 0. The quantitative estimate of drug-likeness (QED) is 0.472. The molecule has 0 saturated heterocycles. The molecule has 1 amide bonds. The van der Waals surface area contributed by atoms with Crippen LogP contribution in [0.25, 0.3) is 11.1 Å². The zero-order chi connectivity index (χ0) is 20.9. The average molecular weight is 399 g/mol. The molecule has 0 aliphatic heterocycles. The second kappa shape index (κ2) is 8.53. The molecule has 0 spiro atoms. The molecule has 0 bridgehead atoms. The van der Waals surface area contributed by atoms with Crippen LogP contribution >= 0.6 is 0 Å². The number of hydrogen-bond donors (Lipinski definition) is 1. The Morgan fingerprint density at radius 3 is 2.10 bits per heavy atom. The Morgan fingerprint density at radius 2 is 1.47 bits per heavy atom. The van der Waals surface area contributed by atoms with Crippen molar-refractivity contribution < 1.29 is 13.9 Å². The first-order valence-corrected chi connectivity index (χ1v) is 9.31. The van der Waals surface area contributed by atoms with E-state index < -0.39 is 0 Å². The summed E-state index contributed by atoms with van der Waals surface area (Å²) >= 11 is 0. The Bertz CT molecular complexity index is 1140. The molecule has 4 rings (SSSR count). The fraction of sp³-hybridized carbons (Fsp3) is 0.0417. The maximum Gasteiger partial charge on any atom is 0.321 e. The van der Waals surface area contributed by atoms with E-state index in [1.54, 1.807) is 36.7 Å². The number of carbonyl (C=O) groups excluding carboxylic acids is 1. The third kappa shape index (κ3) is 4.67. The number of anilines is 1. The minimum Gasteiger partial charge on any atom is -0.424 e. The Kier molecular flexibility index (Phi) is 5.48. The lowest BCUT2D eigenvalue weighted by Crippen LogP contribution is -2.11. The summed E-state index contributed by atoms with van der Waals surface area (Å²) in [6.07, 6.45) is 3.41. The first-order chi connectivity index (χ1) is 14.6. The van der Waals surface area contributed by atoms with Crippen molar-refractivity contribution in [3.63, 3.8) is 0 Å². The second-order valence-corrected chi connectivity index (χ2v) is 6.71. The van der Waals surface area contributed by atoms with E-state index in [1.807, 2.05) is 31.2 Å². The molecule has 0 atom stereocenters. The molecule has 1 heterocycles. The van der Waals surface area contributed by atoms with Crippen LogP contribution in [-0.4, -0.2) is 15.9 Å². The molecule has 30 heavy (non-hydrogen) atoms. The Labute approximate surface area is 173 Å². The number of aromatic nitrogens is 2. The zero-order valence-corrected chi connectivity index (χ0v) is 16.2. The van der Waals surface area contributed by atoms with Gasteiger partial charge in [0.05, 0.1) is 0 Å². The van der Waals surface area contributed by atoms with E-state index in [0.717, 1.165) is 11.1 Å². The molecule has 1 N–H and O–H groups in total. The molecule has 0 fully saturated rings. The summed E-state index contributed by atoms with van der Waals surface area (Å²) < 4.78 is 18.6. The normalized spacial score (nSPS) is 10.5. The summed E-state index contributed by atoms with van der Waals surface area (Å²) in [6.45, 7) is 2.04. The van der Waals surface area contributed by atoms with Crippen LogP contribution in [0.15, 0.2) is 85.2 Å². The highest BCUT2D eigenvalue weighted by Crippen LogP contribution is 2.22. The van der Waals surface area contributed by atoms with Gasteiger partial charge in [0.2, 0.25) is 0 Å². The van der Waals surface area contributed by atoms with Gasteiger partial charge in [0.1, 0.15) is 11.6 Å². The number of rotatable bonds is 5. The van der Waals surface area contributed by atoms with Crippen LogP contribution in [0.3, 0.4) is 0 Å². The molecule has 5 nitrogen and oxygen atoms in total. The van der Waals surface area contributed by atoms with Gasteiger partial charge in [0, 0.05) is 29.2 Å². The van der Waals surface area contributed by atoms with Gasteiger partial charge in [-0.25, -0.2) is 14.4 Å². The average Bonchev–Trinajstić information content (AvgIpc) is 2.77. The van der Waals surface area contributed by atoms with Crippen molar-refractivity contribution in [1.82, 2.24) is 9.97 Å². The highest BCUT2D eigenvalue weighted by atomic mass is 19.1. The molecule has 0 saturated carbocycles. The minimum atomic E-state index is -0.358. The van der Waals surface area contributed by atoms with Gasteiger partial charge in [-0.2, -0.15) is 0 Å². The Hall–Kier alpha value is -4.06. The molecule has 3 aromatic carbocycles. The SMILES string of the molecule is Cc1ccc(-c2cnc(Oc3ccc(C(=O)Nc4ccc(F)cc4)cc3)nc2)cc1. The van der Waals surface area contributed by atoms with Gasteiger partial charge < -0.3 is 10.1 Å². The molecule has 4 aromatic rings. The molecule has 0 unspecified atom stereocenters. The highest BCUT2D eigenvalue weighted by Gasteiger charge is 2.08. The lowest BCUT2D eigenvalue weighted by Gasteiger charge is -2.07. The molecule has 0 aliphatic rings. The minimum absolute atomic E-state index is 0.217. The topological polar surface area (TPSA) is 64.1 Å². The lowest BCUT2D eigenvalue weighted by molar-refractivity contribution is 0.102. The number of benzene rings is 3. The zero-order valence-electron chi connectivity index (χ0n) is 16.2. The van der Waals surface area contributed by atoms with E-state index in [4.69, 9.17) is 4.74 Å². The highest BCUT2D eigenvalue weighted by molar-refractivity contribution is 6.04. The fourth-order valence-electron chi connectivity index (χ4n) is 2.78. The van der Waals surface area contributed by atoms with E-state index in [2.05, 4.69) is 15.3 Å². The number of ether oxygens (including phenoxy) is 1. The van der Waals surface area contributed by atoms with E-state index >= 15 is 0 Å². The standard InChI is InChI=1S/C24H18FN3O2/c1-16-2-4-17(5-3-16)19-14-26-24(27-15-19)30-22-12-6-18(7-13-22)23(29)28-21-10-8-20(25)9-11-21/h2-15H,1H3,(H,28,29). The predicted octanol–water partition coefficient (Wildman–Crippen LogP) is 5.64. The summed E-state index contributed by atoms with van der Waals surface area (Å²) in [5.74, 6) is -0.146. The van der Waals surface area contributed by atoms with Crippen LogP contribution < -0.4 is 10.1 Å². The molecule has 0 aliphatic carbocycles. The molecule has 0 radical (unpaired) electrons. The van der Waals surface area contributed by atoms with E-state index in [1.165, 1.54) is 29.8 Å². The Balaban J connectivity index is 1.40. The van der Waals surface area contributed by atoms with E-state index in [9.17, 15) is 9.18 Å². The Morgan fingerprint density at radius 1 is 0.833 bits per heavy atom. The number of hydrogen-bond acceptors (Lipinski definition) is 4. The largest absolute Gasteiger partial charge is 0.424 e. The van der Waals surface area contributed by atoms with Crippen molar-refractivity contribution in [2.24, 2.45) is 0 Å². The maximum absolute atomic E-state index is 13.0. The summed E-state index contributed by atoms with van der Waals surface area (Å²) in [6, 6.07) is 20.5. The van der Waals surface area contributed by atoms with Gasteiger partial charge in [0.25, 0.3) is 5.91 Å². The third-order valence-electron chi connectivity index (χ3n) is 4.44. The van der Waals surface area contributed by atoms with Gasteiger partial charge >= 0.3 is 6.01 Å². The smallest absolute Gasteiger partial charge is 0.321 e. The van der Waals surface area contributed by atoms with E-state index in [0.29, 0.717) is 17.0 Å². The van der Waals surface area contributed by atoms with Crippen molar-refractivity contribution in [2.75, 3.05) is 5.32 Å². The first-order valence-electron chi connectivity index (χ1n) is 9.31. The summed E-state index contributed by atoms with van der Waals surface area (Å²) in [4.78, 5) is 20.8. The van der Waals surface area contributed by atoms with Crippen molar-refractivity contribution in [1.29, 1.82) is 0 Å². The molecular weight excluding hydrogens is 381 g/mol. The number of halogens is 1. The summed E-state index contributed by atoms with van der Waals surface area (Å²) in [5.41, 5.74) is 4.08. The number of aryl methyl sites for hydroxylation is 1. The van der Waals surface area contributed by atoms with Crippen molar-refractivity contribution in [3.05, 3.63) is 102 Å². The molecule has 148 valence electrons.